The van der Waals surface area contributed by atoms with Crippen LogP contribution in [0.5, 0.6) is 0 Å². The van der Waals surface area contributed by atoms with Crippen molar-refractivity contribution in [2.75, 3.05) is 5.32 Å². The number of carbonyl (C=O) groups is 1. The lowest BCUT2D eigenvalue weighted by molar-refractivity contribution is -0.137. The molecule has 0 spiro atoms. The van der Waals surface area contributed by atoms with E-state index in [2.05, 4.69) is 10.3 Å². The van der Waals surface area contributed by atoms with Gasteiger partial charge in [0.2, 0.25) is 5.91 Å². The molecule has 1 N–H and O–H groups in total. The molecule has 1 atom stereocenters. The number of carbonyl (C=O) groups excluding carboxylic acids is 1. The first kappa shape index (κ1) is 19.0. The smallest absolute Gasteiger partial charge is 0.324 e. The second-order valence-corrected chi connectivity index (χ2v) is 8.41. The molecule has 1 heterocycles. The molecule has 0 aliphatic rings. The van der Waals surface area contributed by atoms with Gasteiger partial charge < -0.3 is 5.32 Å². The predicted octanol–water partition coefficient (Wildman–Crippen LogP) is 6.09. The summed E-state index contributed by atoms with van der Waals surface area (Å²) in [6.07, 6.45) is -4.51. The summed E-state index contributed by atoms with van der Waals surface area (Å²) in [5, 5.41) is 1.95. The van der Waals surface area contributed by atoms with Crippen LogP contribution in [0.2, 0.25) is 5.02 Å². The zero-order valence-electron chi connectivity index (χ0n) is 13.3. The van der Waals surface area contributed by atoms with Gasteiger partial charge in [-0.3, -0.25) is 4.79 Å². The fourth-order valence-corrected chi connectivity index (χ4v) is 4.51. The summed E-state index contributed by atoms with van der Waals surface area (Å²) in [6.45, 7) is 1.66. The number of hydrogen-bond donors (Lipinski definition) is 1. The van der Waals surface area contributed by atoms with Crippen LogP contribution in [0.4, 0.5) is 18.9 Å². The number of rotatable bonds is 4. The molecule has 136 valence electrons. The average molecular weight is 417 g/mol. The fourth-order valence-electron chi connectivity index (χ4n) is 2.14. The van der Waals surface area contributed by atoms with Gasteiger partial charge in [-0.25, -0.2) is 4.98 Å². The van der Waals surface area contributed by atoms with Gasteiger partial charge in [-0.15, -0.1) is 11.3 Å². The molecule has 2 aromatic carbocycles. The lowest BCUT2D eigenvalue weighted by Crippen LogP contribution is -2.22. The number of thiazole rings is 1. The van der Waals surface area contributed by atoms with Crippen LogP contribution in [0, 0.1) is 0 Å². The summed E-state index contributed by atoms with van der Waals surface area (Å²) in [5.74, 6) is -0.449. The lowest BCUT2D eigenvalue weighted by Gasteiger charge is -2.14. The molecule has 26 heavy (non-hydrogen) atoms. The van der Waals surface area contributed by atoms with Crippen LogP contribution in [-0.2, 0) is 11.0 Å². The summed E-state index contributed by atoms with van der Waals surface area (Å²) in [7, 11) is 0. The molecule has 3 rings (SSSR count). The molecule has 0 bridgehead atoms. The third kappa shape index (κ3) is 4.31. The van der Waals surface area contributed by atoms with E-state index >= 15 is 0 Å². The summed E-state index contributed by atoms with van der Waals surface area (Å²) in [6, 6.07) is 10.4. The molecular formula is C17H12ClF3N2OS2. The number of aromatic nitrogens is 1. The summed E-state index contributed by atoms with van der Waals surface area (Å²) < 4.78 is 40.2. The number of anilines is 1. The van der Waals surface area contributed by atoms with Gasteiger partial charge in [-0.1, -0.05) is 35.5 Å². The molecule has 0 radical (unpaired) electrons. The summed E-state index contributed by atoms with van der Waals surface area (Å²) in [5.41, 5.74) is -0.0968. The van der Waals surface area contributed by atoms with E-state index in [1.807, 2.05) is 24.3 Å². The van der Waals surface area contributed by atoms with Gasteiger partial charge in [0.05, 0.1) is 31.7 Å². The van der Waals surface area contributed by atoms with E-state index in [0.29, 0.717) is 4.34 Å². The molecule has 1 aromatic heterocycles. The maximum atomic E-state index is 12.8. The Kier molecular flexibility index (Phi) is 5.45. The van der Waals surface area contributed by atoms with E-state index in [9.17, 15) is 18.0 Å². The minimum absolute atomic E-state index is 0.0449. The molecule has 0 saturated heterocycles. The number of halogens is 4. The number of hydrogen-bond acceptors (Lipinski definition) is 4. The van der Waals surface area contributed by atoms with Crippen molar-refractivity contribution in [3.8, 4) is 0 Å². The van der Waals surface area contributed by atoms with Gasteiger partial charge in [0.25, 0.3) is 0 Å². The van der Waals surface area contributed by atoms with Gasteiger partial charge in [0, 0.05) is 0 Å². The van der Waals surface area contributed by atoms with Gasteiger partial charge in [-0.05, 0) is 37.3 Å². The molecule has 0 fully saturated rings. The van der Waals surface area contributed by atoms with Crippen molar-refractivity contribution in [2.24, 2.45) is 0 Å². The number of para-hydroxylation sites is 1. The Bertz CT molecular complexity index is 926. The van der Waals surface area contributed by atoms with Gasteiger partial charge >= 0.3 is 6.18 Å². The highest BCUT2D eigenvalue weighted by Crippen LogP contribution is 2.35. The van der Waals surface area contributed by atoms with E-state index in [0.717, 1.165) is 28.4 Å². The Labute approximate surface area is 160 Å². The highest BCUT2D eigenvalue weighted by Gasteiger charge is 2.31. The van der Waals surface area contributed by atoms with E-state index in [1.165, 1.54) is 23.1 Å². The zero-order chi connectivity index (χ0) is 18.9. The van der Waals surface area contributed by atoms with Crippen molar-refractivity contribution in [1.82, 2.24) is 4.98 Å². The Morgan fingerprint density at radius 1 is 1.27 bits per heavy atom. The minimum Gasteiger partial charge on any atom is -0.324 e. The largest absolute Gasteiger partial charge is 0.416 e. The number of benzene rings is 2. The number of fused-ring (bicyclic) bond motifs is 1. The van der Waals surface area contributed by atoms with Gasteiger partial charge in [0.15, 0.2) is 4.34 Å². The van der Waals surface area contributed by atoms with Crippen LogP contribution in [0.25, 0.3) is 10.2 Å². The highest BCUT2D eigenvalue weighted by atomic mass is 35.5. The molecule has 1 unspecified atom stereocenters. The minimum atomic E-state index is -4.51. The van der Waals surface area contributed by atoms with Crippen molar-refractivity contribution in [3.05, 3.63) is 53.1 Å². The second-order valence-electron chi connectivity index (χ2n) is 5.39. The van der Waals surface area contributed by atoms with Crippen molar-refractivity contribution in [3.63, 3.8) is 0 Å². The Morgan fingerprint density at radius 2 is 2.00 bits per heavy atom. The van der Waals surface area contributed by atoms with Crippen molar-refractivity contribution in [2.45, 2.75) is 22.7 Å². The molecule has 0 aliphatic heterocycles. The standard InChI is InChI=1S/C17H12ClF3N2OS2/c1-9(25-16-23-12-4-2-3-5-14(12)26-16)15(24)22-13-8-10(17(19,20)21)6-7-11(13)18/h2-9H,1H3,(H,22,24). The number of thioether (sulfide) groups is 1. The van der Waals surface area contributed by atoms with Crippen molar-refractivity contribution < 1.29 is 18.0 Å². The van der Waals surface area contributed by atoms with E-state index in [1.54, 1.807) is 6.92 Å². The predicted molar refractivity (Wildman–Crippen MR) is 100 cm³/mol. The maximum absolute atomic E-state index is 12.8. The lowest BCUT2D eigenvalue weighted by atomic mass is 10.2. The SMILES string of the molecule is CC(Sc1nc2ccccc2s1)C(=O)Nc1cc(C(F)(F)F)ccc1Cl. The number of amides is 1. The molecular weight excluding hydrogens is 405 g/mol. The second kappa shape index (κ2) is 7.46. The molecule has 0 aliphatic carbocycles. The Morgan fingerprint density at radius 3 is 2.69 bits per heavy atom. The van der Waals surface area contributed by atoms with Gasteiger partial charge in [0.1, 0.15) is 0 Å². The van der Waals surface area contributed by atoms with Crippen molar-refractivity contribution in [1.29, 1.82) is 0 Å². The number of nitrogens with zero attached hydrogens (tertiary/aromatic N) is 1. The quantitative estimate of drug-likeness (QED) is 0.523. The van der Waals surface area contributed by atoms with Crippen LogP contribution < -0.4 is 5.32 Å². The molecule has 3 aromatic rings. The third-order valence-corrected chi connectivity index (χ3v) is 6.03. The van der Waals surface area contributed by atoms with Crippen LogP contribution in [-0.4, -0.2) is 16.1 Å². The Balaban J connectivity index is 1.73. The molecule has 9 heteroatoms. The molecule has 3 nitrogen and oxygen atoms in total. The molecule has 1 amide bonds. The maximum Gasteiger partial charge on any atom is 0.416 e. The van der Waals surface area contributed by atoms with Crippen LogP contribution in [0.1, 0.15) is 12.5 Å². The highest BCUT2D eigenvalue weighted by molar-refractivity contribution is 8.02. The molecule has 0 saturated carbocycles. The fraction of sp³-hybridized carbons (Fsp3) is 0.176. The van der Waals surface area contributed by atoms with E-state index in [-0.39, 0.29) is 10.7 Å². The summed E-state index contributed by atoms with van der Waals surface area (Å²) in [4.78, 5) is 16.8. The first-order valence-corrected chi connectivity index (χ1v) is 9.51. The van der Waals surface area contributed by atoms with Crippen LogP contribution in [0.15, 0.2) is 46.8 Å². The summed E-state index contributed by atoms with van der Waals surface area (Å²) >= 11 is 8.61. The Hall–Kier alpha value is -1.77. The average Bonchev–Trinajstić information content (AvgIpc) is 2.97. The number of alkyl halides is 3. The van der Waals surface area contributed by atoms with Crippen molar-refractivity contribution >= 4 is 56.5 Å². The zero-order valence-corrected chi connectivity index (χ0v) is 15.7. The monoisotopic (exact) mass is 416 g/mol. The normalized spacial score (nSPS) is 13.0. The van der Waals surface area contributed by atoms with Crippen LogP contribution in [0.3, 0.4) is 0 Å². The van der Waals surface area contributed by atoms with Crippen LogP contribution >= 0.6 is 34.7 Å². The third-order valence-electron chi connectivity index (χ3n) is 3.47. The topological polar surface area (TPSA) is 42.0 Å². The van der Waals surface area contributed by atoms with Gasteiger partial charge in [-0.2, -0.15) is 13.2 Å². The first-order valence-electron chi connectivity index (χ1n) is 7.44. The van der Waals surface area contributed by atoms with E-state index < -0.39 is 22.9 Å². The number of nitrogens with one attached hydrogen (secondary N) is 1. The van der Waals surface area contributed by atoms with E-state index in [4.69, 9.17) is 11.6 Å². The first-order chi connectivity index (χ1) is 12.2.